The summed E-state index contributed by atoms with van der Waals surface area (Å²) in [6.45, 7) is 2.10. The van der Waals surface area contributed by atoms with E-state index in [9.17, 15) is 4.79 Å². The number of anilines is 1. The average molecular weight is 347 g/mol. The summed E-state index contributed by atoms with van der Waals surface area (Å²) in [5, 5.41) is 2.76. The van der Waals surface area contributed by atoms with Crippen molar-refractivity contribution >= 4 is 27.5 Å². The molecule has 4 nitrogen and oxygen atoms in total. The van der Waals surface area contributed by atoms with Crippen LogP contribution in [0.1, 0.15) is 24.1 Å². The molecule has 3 N–H and O–H groups in total. The minimum Gasteiger partial charge on any atom is -0.456 e. The van der Waals surface area contributed by atoms with Crippen molar-refractivity contribution in [1.29, 1.82) is 0 Å². The van der Waals surface area contributed by atoms with Crippen molar-refractivity contribution in [1.82, 2.24) is 0 Å². The smallest absolute Gasteiger partial charge is 0.245 e. The highest BCUT2D eigenvalue weighted by Gasteiger charge is 2.28. The lowest BCUT2D eigenvalue weighted by Crippen LogP contribution is -2.19. The number of amides is 1. The van der Waals surface area contributed by atoms with E-state index in [0.29, 0.717) is 11.4 Å². The van der Waals surface area contributed by atoms with Gasteiger partial charge in [-0.05, 0) is 46.1 Å². The van der Waals surface area contributed by atoms with Crippen LogP contribution in [-0.4, -0.2) is 5.91 Å². The van der Waals surface area contributed by atoms with E-state index in [4.69, 9.17) is 10.5 Å². The Labute approximate surface area is 131 Å². The molecule has 0 bridgehead atoms. The molecule has 0 radical (unpaired) electrons. The van der Waals surface area contributed by atoms with Gasteiger partial charge in [0.15, 0.2) is 0 Å². The van der Waals surface area contributed by atoms with E-state index in [1.54, 1.807) is 6.07 Å². The predicted octanol–water partition coefficient (Wildman–Crippen LogP) is 3.76. The van der Waals surface area contributed by atoms with Crippen molar-refractivity contribution in [3.8, 4) is 11.5 Å². The number of halogens is 1. The molecule has 1 aliphatic rings. The topological polar surface area (TPSA) is 64.3 Å². The molecule has 1 amide bonds. The molecule has 2 aromatic carbocycles. The van der Waals surface area contributed by atoms with Gasteiger partial charge in [-0.25, -0.2) is 0 Å². The monoisotopic (exact) mass is 346 g/mol. The summed E-state index contributed by atoms with van der Waals surface area (Å²) in [5.41, 5.74) is 8.52. The Morgan fingerprint density at radius 2 is 2.14 bits per heavy atom. The molecule has 1 atom stereocenters. The van der Waals surface area contributed by atoms with Gasteiger partial charge in [0.2, 0.25) is 5.91 Å². The molecule has 0 saturated carbocycles. The quantitative estimate of drug-likeness (QED) is 0.889. The summed E-state index contributed by atoms with van der Waals surface area (Å²) in [7, 11) is 0. The highest BCUT2D eigenvalue weighted by molar-refractivity contribution is 9.10. The second-order valence-electron chi connectivity index (χ2n) is 4.94. The van der Waals surface area contributed by atoms with Crippen LogP contribution < -0.4 is 15.8 Å². The normalized spacial score (nSPS) is 16.5. The van der Waals surface area contributed by atoms with Gasteiger partial charge in [0.25, 0.3) is 0 Å². The maximum absolute atomic E-state index is 11.6. The van der Waals surface area contributed by atoms with Gasteiger partial charge >= 0.3 is 0 Å². The second kappa shape index (κ2) is 5.50. The Hall–Kier alpha value is -1.85. The molecule has 2 aromatic rings. The Morgan fingerprint density at radius 3 is 2.90 bits per heavy atom. The van der Waals surface area contributed by atoms with Crippen molar-refractivity contribution in [2.75, 3.05) is 5.32 Å². The molecule has 1 aliphatic heterocycles. The zero-order chi connectivity index (χ0) is 15.0. The van der Waals surface area contributed by atoms with Gasteiger partial charge < -0.3 is 15.8 Å². The number of nitrogens with one attached hydrogen (secondary N) is 1. The van der Waals surface area contributed by atoms with E-state index in [2.05, 4.69) is 34.2 Å². The summed E-state index contributed by atoms with van der Waals surface area (Å²) in [6.07, 6.45) is 0.952. The molecule has 5 heteroatoms. The van der Waals surface area contributed by atoms with Crippen LogP contribution in [0.4, 0.5) is 5.69 Å². The van der Waals surface area contributed by atoms with Crippen LogP contribution >= 0.6 is 15.9 Å². The van der Waals surface area contributed by atoms with Crippen LogP contribution in [0.15, 0.2) is 40.9 Å². The maximum atomic E-state index is 11.6. The first-order chi connectivity index (χ1) is 10.1. The van der Waals surface area contributed by atoms with Crippen LogP contribution in [0.25, 0.3) is 0 Å². The summed E-state index contributed by atoms with van der Waals surface area (Å²) in [4.78, 5) is 11.6. The van der Waals surface area contributed by atoms with Crippen molar-refractivity contribution in [2.45, 2.75) is 19.4 Å². The van der Waals surface area contributed by atoms with E-state index >= 15 is 0 Å². The average Bonchev–Trinajstić information content (AvgIpc) is 2.75. The summed E-state index contributed by atoms with van der Waals surface area (Å²) < 4.78 is 6.68. The van der Waals surface area contributed by atoms with E-state index in [1.807, 2.05) is 24.3 Å². The molecule has 108 valence electrons. The van der Waals surface area contributed by atoms with Crippen molar-refractivity contribution in [2.24, 2.45) is 5.73 Å². The molecule has 1 unspecified atom stereocenters. The second-order valence-corrected chi connectivity index (χ2v) is 5.79. The number of carbonyl (C=O) groups is 1. The van der Waals surface area contributed by atoms with E-state index in [1.165, 1.54) is 5.56 Å². The van der Waals surface area contributed by atoms with Gasteiger partial charge in [0, 0.05) is 17.3 Å². The third-order valence-electron chi connectivity index (χ3n) is 3.51. The van der Waals surface area contributed by atoms with E-state index in [-0.39, 0.29) is 5.91 Å². The molecular weight excluding hydrogens is 332 g/mol. The summed E-state index contributed by atoms with van der Waals surface area (Å²) in [6, 6.07) is 10.9. The van der Waals surface area contributed by atoms with Crippen molar-refractivity contribution < 1.29 is 9.53 Å². The molecule has 1 heterocycles. The van der Waals surface area contributed by atoms with Gasteiger partial charge in [-0.2, -0.15) is 0 Å². The van der Waals surface area contributed by atoms with Crippen LogP contribution in [0, 0.1) is 0 Å². The number of fused-ring (bicyclic) bond motifs is 1. The van der Waals surface area contributed by atoms with Gasteiger partial charge in [-0.15, -0.1) is 0 Å². The van der Waals surface area contributed by atoms with E-state index in [0.717, 1.165) is 22.2 Å². The molecule has 3 rings (SSSR count). The molecule has 0 fully saturated rings. The third kappa shape index (κ3) is 2.66. The molecule has 0 aromatic heterocycles. The molecule has 0 spiro atoms. The lowest BCUT2D eigenvalue weighted by atomic mass is 10.1. The summed E-state index contributed by atoms with van der Waals surface area (Å²) >= 11 is 3.47. The number of hydrogen-bond acceptors (Lipinski definition) is 3. The van der Waals surface area contributed by atoms with Gasteiger partial charge in [-0.1, -0.05) is 19.1 Å². The first-order valence-corrected chi connectivity index (χ1v) is 7.54. The van der Waals surface area contributed by atoms with Crippen LogP contribution in [-0.2, 0) is 11.2 Å². The number of hydrogen-bond donors (Lipinski definition) is 2. The first-order valence-electron chi connectivity index (χ1n) is 6.75. The number of rotatable bonds is 3. The molecule has 0 saturated heterocycles. The first kappa shape index (κ1) is 14.1. The highest BCUT2D eigenvalue weighted by atomic mass is 79.9. The largest absolute Gasteiger partial charge is 0.456 e. The number of nitrogens with two attached hydrogens (primary N) is 1. The number of carbonyl (C=O) groups excluding carboxylic acids is 1. The molecular formula is C16H15BrN2O2. The fourth-order valence-electron chi connectivity index (χ4n) is 2.32. The predicted molar refractivity (Wildman–Crippen MR) is 85.6 cm³/mol. The zero-order valence-corrected chi connectivity index (χ0v) is 13.1. The minimum atomic E-state index is -0.617. The maximum Gasteiger partial charge on any atom is 0.245 e. The van der Waals surface area contributed by atoms with Crippen LogP contribution in [0.5, 0.6) is 11.5 Å². The highest BCUT2D eigenvalue weighted by Crippen LogP contribution is 2.39. The van der Waals surface area contributed by atoms with Gasteiger partial charge in [-0.3, -0.25) is 4.79 Å². The molecule has 0 aliphatic carbocycles. The fourth-order valence-corrected chi connectivity index (χ4v) is 2.76. The van der Waals surface area contributed by atoms with Crippen molar-refractivity contribution in [3.05, 3.63) is 52.0 Å². The van der Waals surface area contributed by atoms with Crippen molar-refractivity contribution in [3.63, 3.8) is 0 Å². The number of aryl methyl sites for hydroxylation is 1. The lowest BCUT2D eigenvalue weighted by Gasteiger charge is -2.11. The Morgan fingerprint density at radius 1 is 1.33 bits per heavy atom. The Balaban J connectivity index is 1.93. The fraction of sp³-hybridized carbons (Fsp3) is 0.188. The summed E-state index contributed by atoms with van der Waals surface area (Å²) in [5.74, 6) is 1.22. The minimum absolute atomic E-state index is 0.193. The third-order valence-corrected chi connectivity index (χ3v) is 4.13. The van der Waals surface area contributed by atoms with Gasteiger partial charge in [0.05, 0.1) is 4.47 Å². The standard InChI is InChI=1S/C16H15BrN2O2/c1-2-9-4-3-5-10(6-9)21-14-8-13-11(7-12(14)17)15(18)16(20)19-13/h3-8,15H,2,18H2,1H3,(H,19,20). The van der Waals surface area contributed by atoms with Crippen LogP contribution in [0.3, 0.4) is 0 Å². The number of benzene rings is 2. The SMILES string of the molecule is CCc1cccc(Oc2cc3c(cc2Br)C(N)C(=O)N3)c1. The Kier molecular flexibility index (Phi) is 3.69. The molecule has 21 heavy (non-hydrogen) atoms. The number of ether oxygens (including phenoxy) is 1. The lowest BCUT2D eigenvalue weighted by molar-refractivity contribution is -0.116. The van der Waals surface area contributed by atoms with E-state index < -0.39 is 6.04 Å². The van der Waals surface area contributed by atoms with Gasteiger partial charge in [0.1, 0.15) is 17.5 Å². The Bertz CT molecular complexity index is 715. The zero-order valence-electron chi connectivity index (χ0n) is 11.5. The van der Waals surface area contributed by atoms with Crippen LogP contribution in [0.2, 0.25) is 0 Å².